The first kappa shape index (κ1) is 13.0. The second-order valence-corrected chi connectivity index (χ2v) is 4.33. The van der Waals surface area contributed by atoms with E-state index >= 15 is 0 Å². The Labute approximate surface area is 106 Å². The Kier molecular flexibility index (Phi) is 4.26. The fraction of sp³-hybridized carbons (Fsp3) is 0.333. The molecule has 0 aliphatic rings. The third-order valence-electron chi connectivity index (χ3n) is 3.02. The van der Waals surface area contributed by atoms with Crippen LogP contribution in [0.4, 0.5) is 8.78 Å². The summed E-state index contributed by atoms with van der Waals surface area (Å²) in [5, 5.41) is 4.82. The van der Waals surface area contributed by atoms with Gasteiger partial charge in [0.05, 0.1) is 6.04 Å². The van der Waals surface area contributed by atoms with Gasteiger partial charge in [0.25, 0.3) is 6.43 Å². The molecule has 0 spiro atoms. The van der Waals surface area contributed by atoms with Crippen molar-refractivity contribution >= 4 is 10.8 Å². The average molecular weight is 249 g/mol. The lowest BCUT2D eigenvalue weighted by Crippen LogP contribution is -2.28. The molecule has 0 amide bonds. The molecular weight excluding hydrogens is 232 g/mol. The highest BCUT2D eigenvalue weighted by molar-refractivity contribution is 5.86. The number of hydrogen-bond acceptors (Lipinski definition) is 1. The first-order chi connectivity index (χ1) is 8.74. The summed E-state index contributed by atoms with van der Waals surface area (Å²) >= 11 is 0. The molecule has 1 unspecified atom stereocenters. The van der Waals surface area contributed by atoms with Gasteiger partial charge in [-0.15, -0.1) is 0 Å². The van der Waals surface area contributed by atoms with Crippen LogP contribution < -0.4 is 5.32 Å². The molecule has 0 radical (unpaired) electrons. The molecule has 0 aliphatic carbocycles. The minimum Gasteiger partial charge on any atom is -0.305 e. The van der Waals surface area contributed by atoms with Crippen molar-refractivity contribution in [2.45, 2.75) is 25.8 Å². The Morgan fingerprint density at radius 1 is 1.06 bits per heavy atom. The lowest BCUT2D eigenvalue weighted by atomic mass is 9.99. The molecule has 0 heterocycles. The highest BCUT2D eigenvalue weighted by Gasteiger charge is 2.22. The molecule has 0 bridgehead atoms. The largest absolute Gasteiger partial charge is 0.305 e. The van der Waals surface area contributed by atoms with Crippen LogP contribution in [0.5, 0.6) is 0 Å². The number of hydrogen-bond donors (Lipinski definition) is 1. The van der Waals surface area contributed by atoms with Gasteiger partial charge in [0.15, 0.2) is 0 Å². The fourth-order valence-corrected chi connectivity index (χ4v) is 2.16. The summed E-state index contributed by atoms with van der Waals surface area (Å²) in [6.45, 7) is 2.57. The molecule has 18 heavy (non-hydrogen) atoms. The summed E-state index contributed by atoms with van der Waals surface area (Å²) in [4.78, 5) is 0. The monoisotopic (exact) mass is 249 g/mol. The van der Waals surface area contributed by atoms with Crippen molar-refractivity contribution in [3.63, 3.8) is 0 Å². The Bertz CT molecular complexity index is 505. The number of benzene rings is 2. The van der Waals surface area contributed by atoms with Gasteiger partial charge >= 0.3 is 0 Å². The zero-order valence-electron chi connectivity index (χ0n) is 10.4. The van der Waals surface area contributed by atoms with Gasteiger partial charge in [0.1, 0.15) is 0 Å². The van der Waals surface area contributed by atoms with E-state index in [0.29, 0.717) is 12.1 Å². The summed E-state index contributed by atoms with van der Waals surface area (Å²) < 4.78 is 26.3. The number of nitrogens with one attached hydrogen (secondary N) is 1. The average Bonchev–Trinajstić information content (AvgIpc) is 2.39. The molecule has 3 heteroatoms. The molecule has 0 fully saturated rings. The van der Waals surface area contributed by atoms with E-state index in [0.717, 1.165) is 17.2 Å². The molecule has 2 aromatic carbocycles. The van der Waals surface area contributed by atoms with Gasteiger partial charge in [-0.3, -0.25) is 0 Å². The molecule has 0 aromatic heterocycles. The third-order valence-corrected chi connectivity index (χ3v) is 3.02. The maximum atomic E-state index is 13.2. The van der Waals surface area contributed by atoms with Crippen LogP contribution in [0.15, 0.2) is 42.5 Å². The van der Waals surface area contributed by atoms with Crippen LogP contribution in [-0.4, -0.2) is 13.0 Å². The molecule has 0 saturated heterocycles. The van der Waals surface area contributed by atoms with Crippen LogP contribution in [0.25, 0.3) is 10.8 Å². The molecule has 96 valence electrons. The van der Waals surface area contributed by atoms with Crippen molar-refractivity contribution in [1.29, 1.82) is 0 Å². The third kappa shape index (κ3) is 2.67. The van der Waals surface area contributed by atoms with Crippen molar-refractivity contribution in [2.75, 3.05) is 6.54 Å². The van der Waals surface area contributed by atoms with E-state index in [4.69, 9.17) is 0 Å². The maximum Gasteiger partial charge on any atom is 0.257 e. The molecular formula is C15H17F2N. The van der Waals surface area contributed by atoms with Crippen molar-refractivity contribution < 1.29 is 8.78 Å². The Balaban J connectivity index is 2.43. The Hall–Kier alpha value is -1.48. The second kappa shape index (κ2) is 5.91. The van der Waals surface area contributed by atoms with E-state index in [-0.39, 0.29) is 0 Å². The lowest BCUT2D eigenvalue weighted by molar-refractivity contribution is 0.0991. The van der Waals surface area contributed by atoms with Gasteiger partial charge in [0.2, 0.25) is 0 Å². The summed E-state index contributed by atoms with van der Waals surface area (Å²) in [5.74, 6) is 0. The van der Waals surface area contributed by atoms with Gasteiger partial charge in [-0.05, 0) is 29.3 Å². The highest BCUT2D eigenvalue weighted by atomic mass is 19.3. The number of fused-ring (bicyclic) bond motifs is 1. The Morgan fingerprint density at radius 3 is 2.50 bits per heavy atom. The summed E-state index contributed by atoms with van der Waals surface area (Å²) in [7, 11) is 0. The van der Waals surface area contributed by atoms with Crippen LogP contribution in [-0.2, 0) is 0 Å². The van der Waals surface area contributed by atoms with Crippen molar-refractivity contribution in [3.05, 3.63) is 48.0 Å². The molecule has 1 atom stereocenters. The molecule has 0 saturated carbocycles. The predicted octanol–water partition coefficient (Wildman–Crippen LogP) is 4.15. The summed E-state index contributed by atoms with van der Waals surface area (Å²) in [6, 6.07) is 12.3. The topological polar surface area (TPSA) is 12.0 Å². The van der Waals surface area contributed by atoms with E-state index in [2.05, 4.69) is 5.32 Å². The van der Waals surface area contributed by atoms with Crippen LogP contribution in [0.2, 0.25) is 0 Å². The molecule has 1 nitrogen and oxygen atoms in total. The normalized spacial score (nSPS) is 13.1. The highest BCUT2D eigenvalue weighted by Crippen LogP contribution is 2.28. The minimum absolute atomic E-state index is 0.595. The van der Waals surface area contributed by atoms with Gasteiger partial charge in [0, 0.05) is 0 Å². The second-order valence-electron chi connectivity index (χ2n) is 4.33. The van der Waals surface area contributed by atoms with E-state index in [1.807, 2.05) is 43.3 Å². The molecule has 0 aliphatic heterocycles. The number of alkyl halides is 2. The number of rotatable bonds is 5. The predicted molar refractivity (Wildman–Crippen MR) is 71.0 cm³/mol. The van der Waals surface area contributed by atoms with Crippen LogP contribution in [0.1, 0.15) is 24.9 Å². The van der Waals surface area contributed by atoms with E-state index in [1.165, 1.54) is 0 Å². The van der Waals surface area contributed by atoms with E-state index < -0.39 is 12.5 Å². The first-order valence-corrected chi connectivity index (χ1v) is 6.23. The van der Waals surface area contributed by atoms with Crippen LogP contribution in [0.3, 0.4) is 0 Å². The van der Waals surface area contributed by atoms with E-state index in [9.17, 15) is 8.78 Å². The van der Waals surface area contributed by atoms with Crippen molar-refractivity contribution in [3.8, 4) is 0 Å². The quantitative estimate of drug-likeness (QED) is 0.839. The van der Waals surface area contributed by atoms with Crippen LogP contribution in [0, 0.1) is 0 Å². The Morgan fingerprint density at radius 2 is 1.78 bits per heavy atom. The van der Waals surface area contributed by atoms with Crippen LogP contribution >= 0.6 is 0 Å². The van der Waals surface area contributed by atoms with Gasteiger partial charge in [-0.25, -0.2) is 8.78 Å². The standard InChI is InChI=1S/C15H17F2N/c1-2-10-18-14(15(16)17)13-9-5-7-11-6-3-4-8-12(11)13/h3-9,14-15,18H,2,10H2,1H3. The SMILES string of the molecule is CCCNC(c1cccc2ccccc12)C(F)F. The first-order valence-electron chi connectivity index (χ1n) is 6.23. The van der Waals surface area contributed by atoms with E-state index in [1.54, 1.807) is 6.07 Å². The minimum atomic E-state index is -2.40. The fourth-order valence-electron chi connectivity index (χ4n) is 2.16. The van der Waals surface area contributed by atoms with Gasteiger partial charge in [-0.2, -0.15) is 0 Å². The summed E-state index contributed by atoms with van der Waals surface area (Å²) in [5.41, 5.74) is 0.677. The summed E-state index contributed by atoms with van der Waals surface area (Å²) in [6.07, 6.45) is -1.56. The van der Waals surface area contributed by atoms with Gasteiger partial charge in [-0.1, -0.05) is 49.4 Å². The molecule has 1 N–H and O–H groups in total. The molecule has 2 aromatic rings. The number of halogens is 2. The zero-order valence-corrected chi connectivity index (χ0v) is 10.4. The zero-order chi connectivity index (χ0) is 13.0. The maximum absolute atomic E-state index is 13.2. The van der Waals surface area contributed by atoms with Crippen molar-refractivity contribution in [2.24, 2.45) is 0 Å². The van der Waals surface area contributed by atoms with Crippen molar-refractivity contribution in [1.82, 2.24) is 5.32 Å². The van der Waals surface area contributed by atoms with Gasteiger partial charge < -0.3 is 5.32 Å². The molecule has 2 rings (SSSR count). The smallest absolute Gasteiger partial charge is 0.257 e. The lowest BCUT2D eigenvalue weighted by Gasteiger charge is -2.19.